The van der Waals surface area contributed by atoms with Crippen LogP contribution >= 0.6 is 0 Å². The number of rotatable bonds is 3. The van der Waals surface area contributed by atoms with Gasteiger partial charge in [-0.05, 0) is 37.0 Å². The van der Waals surface area contributed by atoms with Crippen molar-refractivity contribution in [3.8, 4) is 5.75 Å². The molecule has 1 aliphatic carbocycles. The predicted molar refractivity (Wildman–Crippen MR) is 68.6 cm³/mol. The zero-order chi connectivity index (χ0) is 12.3. The average molecular weight is 232 g/mol. The molecule has 2 heteroatoms. The lowest BCUT2D eigenvalue weighted by molar-refractivity contribution is -0.113. The minimum absolute atomic E-state index is 0.241. The van der Waals surface area contributed by atoms with Crippen LogP contribution < -0.4 is 4.74 Å². The molecule has 0 heterocycles. The van der Waals surface area contributed by atoms with Crippen LogP contribution in [0.15, 0.2) is 18.2 Å². The minimum Gasteiger partial charge on any atom is -0.496 e. The van der Waals surface area contributed by atoms with Gasteiger partial charge in [-0.1, -0.05) is 31.4 Å². The Balaban J connectivity index is 2.37. The smallest absolute Gasteiger partial charge is 0.130 e. The van der Waals surface area contributed by atoms with Crippen LogP contribution in [0.5, 0.6) is 5.75 Å². The molecular formula is C15H20O2. The van der Waals surface area contributed by atoms with Gasteiger partial charge in [0.1, 0.15) is 12.0 Å². The molecule has 92 valence electrons. The van der Waals surface area contributed by atoms with Crippen LogP contribution in [0.25, 0.3) is 0 Å². The van der Waals surface area contributed by atoms with Crippen molar-refractivity contribution in [3.05, 3.63) is 29.3 Å². The van der Waals surface area contributed by atoms with Crippen LogP contribution in [-0.4, -0.2) is 13.4 Å². The van der Waals surface area contributed by atoms with Gasteiger partial charge >= 0.3 is 0 Å². The fourth-order valence-corrected chi connectivity index (χ4v) is 2.85. The quantitative estimate of drug-likeness (QED) is 0.746. The van der Waals surface area contributed by atoms with Crippen LogP contribution in [0.2, 0.25) is 0 Å². The molecular weight excluding hydrogens is 212 g/mol. The van der Waals surface area contributed by atoms with Gasteiger partial charge in [0.05, 0.1) is 12.5 Å². The molecule has 0 atom stereocenters. The molecule has 2 nitrogen and oxygen atoms in total. The molecule has 0 aromatic heterocycles. The zero-order valence-corrected chi connectivity index (χ0v) is 10.7. The highest BCUT2D eigenvalue weighted by Crippen LogP contribution is 2.39. The maximum Gasteiger partial charge on any atom is 0.130 e. The van der Waals surface area contributed by atoms with Gasteiger partial charge in [0.25, 0.3) is 0 Å². The summed E-state index contributed by atoms with van der Waals surface area (Å²) in [5.74, 6) is 0.894. The molecule has 1 saturated carbocycles. The van der Waals surface area contributed by atoms with Crippen molar-refractivity contribution in [2.75, 3.05) is 7.11 Å². The number of benzene rings is 1. The van der Waals surface area contributed by atoms with Crippen LogP contribution in [0.1, 0.15) is 43.2 Å². The van der Waals surface area contributed by atoms with Gasteiger partial charge in [0.15, 0.2) is 0 Å². The summed E-state index contributed by atoms with van der Waals surface area (Å²) in [4.78, 5) is 11.5. The molecule has 0 unspecified atom stereocenters. The highest BCUT2D eigenvalue weighted by atomic mass is 16.5. The van der Waals surface area contributed by atoms with Gasteiger partial charge in [0.2, 0.25) is 0 Å². The molecule has 1 aromatic rings. The number of carbonyl (C=O) groups is 1. The van der Waals surface area contributed by atoms with Crippen LogP contribution in [0.3, 0.4) is 0 Å². The van der Waals surface area contributed by atoms with E-state index >= 15 is 0 Å². The van der Waals surface area contributed by atoms with Gasteiger partial charge in [0, 0.05) is 0 Å². The Bertz CT molecular complexity index is 403. The molecule has 0 aliphatic heterocycles. The molecule has 1 fully saturated rings. The molecule has 0 saturated heterocycles. The van der Waals surface area contributed by atoms with E-state index in [1.54, 1.807) is 7.11 Å². The lowest BCUT2D eigenvalue weighted by Gasteiger charge is -2.32. The number of carbonyl (C=O) groups excluding carboxylic acids is 1. The summed E-state index contributed by atoms with van der Waals surface area (Å²) in [6.45, 7) is 2.03. The molecule has 0 amide bonds. The van der Waals surface area contributed by atoms with Crippen molar-refractivity contribution in [3.63, 3.8) is 0 Å². The van der Waals surface area contributed by atoms with Gasteiger partial charge in [-0.2, -0.15) is 0 Å². The van der Waals surface area contributed by atoms with Gasteiger partial charge < -0.3 is 9.53 Å². The second kappa shape index (κ2) is 4.91. The molecule has 1 aliphatic rings. The first-order chi connectivity index (χ1) is 8.22. The highest BCUT2D eigenvalue weighted by molar-refractivity contribution is 5.69. The second-order valence-corrected chi connectivity index (χ2v) is 5.02. The van der Waals surface area contributed by atoms with Crippen LogP contribution in [0, 0.1) is 6.92 Å². The Morgan fingerprint density at radius 1 is 1.24 bits per heavy atom. The number of ether oxygens (including phenoxy) is 1. The summed E-state index contributed by atoms with van der Waals surface area (Å²) < 4.78 is 5.27. The van der Waals surface area contributed by atoms with E-state index < -0.39 is 0 Å². The summed E-state index contributed by atoms with van der Waals surface area (Å²) in [6.07, 6.45) is 6.70. The molecule has 0 bridgehead atoms. The summed E-state index contributed by atoms with van der Waals surface area (Å²) in [5.41, 5.74) is 2.03. The second-order valence-electron chi connectivity index (χ2n) is 5.02. The predicted octanol–water partition coefficient (Wildman–Crippen LogP) is 3.40. The summed E-state index contributed by atoms with van der Waals surface area (Å²) in [5, 5.41) is 0. The van der Waals surface area contributed by atoms with Crippen molar-refractivity contribution in [2.24, 2.45) is 0 Å². The minimum atomic E-state index is -0.241. The molecule has 17 heavy (non-hydrogen) atoms. The third-order valence-corrected chi connectivity index (χ3v) is 3.94. The van der Waals surface area contributed by atoms with Gasteiger partial charge in [-0.15, -0.1) is 0 Å². The summed E-state index contributed by atoms with van der Waals surface area (Å²) in [7, 11) is 1.68. The molecule has 2 rings (SSSR count). The Labute approximate surface area is 103 Å². The fraction of sp³-hybridized carbons (Fsp3) is 0.533. The lowest BCUT2D eigenvalue weighted by Crippen LogP contribution is -2.30. The van der Waals surface area contributed by atoms with E-state index in [1.807, 2.05) is 19.1 Å². The number of hydrogen-bond donors (Lipinski definition) is 0. The molecule has 0 radical (unpaired) electrons. The Hall–Kier alpha value is -1.31. The van der Waals surface area contributed by atoms with E-state index in [9.17, 15) is 4.79 Å². The summed E-state index contributed by atoms with van der Waals surface area (Å²) >= 11 is 0. The van der Waals surface area contributed by atoms with E-state index in [2.05, 4.69) is 6.07 Å². The Morgan fingerprint density at radius 3 is 2.47 bits per heavy atom. The zero-order valence-electron chi connectivity index (χ0n) is 10.7. The topological polar surface area (TPSA) is 26.3 Å². The van der Waals surface area contributed by atoms with E-state index in [0.717, 1.165) is 48.8 Å². The third-order valence-electron chi connectivity index (χ3n) is 3.94. The normalized spacial score (nSPS) is 18.7. The van der Waals surface area contributed by atoms with Crippen LogP contribution in [0.4, 0.5) is 0 Å². The van der Waals surface area contributed by atoms with E-state index in [0.29, 0.717) is 0 Å². The number of aldehydes is 1. The number of methoxy groups -OCH3 is 1. The molecule has 0 N–H and O–H groups in total. The standard InChI is InChI=1S/C15H20O2/c1-12-10-13(6-7-14(12)17-2)15(11-16)8-4-3-5-9-15/h6-7,10-11H,3-5,8-9H2,1-2H3. The van der Waals surface area contributed by atoms with Crippen LogP contribution in [-0.2, 0) is 10.2 Å². The lowest BCUT2D eigenvalue weighted by atomic mass is 9.70. The largest absolute Gasteiger partial charge is 0.496 e. The highest BCUT2D eigenvalue weighted by Gasteiger charge is 2.33. The van der Waals surface area contributed by atoms with E-state index in [4.69, 9.17) is 4.74 Å². The van der Waals surface area contributed by atoms with Gasteiger partial charge in [-0.25, -0.2) is 0 Å². The van der Waals surface area contributed by atoms with E-state index in [1.165, 1.54) is 6.42 Å². The first-order valence-corrected chi connectivity index (χ1v) is 6.33. The molecule has 0 spiro atoms. The van der Waals surface area contributed by atoms with Crippen molar-refractivity contribution in [2.45, 2.75) is 44.4 Å². The Morgan fingerprint density at radius 2 is 1.94 bits per heavy atom. The van der Waals surface area contributed by atoms with E-state index in [-0.39, 0.29) is 5.41 Å². The number of aryl methyl sites for hydroxylation is 1. The van der Waals surface area contributed by atoms with Crippen molar-refractivity contribution in [1.29, 1.82) is 0 Å². The number of hydrogen-bond acceptors (Lipinski definition) is 2. The summed E-state index contributed by atoms with van der Waals surface area (Å²) in [6, 6.07) is 6.13. The Kier molecular flexibility index (Phi) is 3.51. The monoisotopic (exact) mass is 232 g/mol. The van der Waals surface area contributed by atoms with Crippen molar-refractivity contribution in [1.82, 2.24) is 0 Å². The third kappa shape index (κ3) is 2.21. The van der Waals surface area contributed by atoms with Crippen molar-refractivity contribution >= 4 is 6.29 Å². The first-order valence-electron chi connectivity index (χ1n) is 6.33. The SMILES string of the molecule is COc1ccc(C2(C=O)CCCCC2)cc1C. The first kappa shape index (κ1) is 12.2. The molecule has 1 aromatic carbocycles. The maximum absolute atomic E-state index is 11.5. The fourth-order valence-electron chi connectivity index (χ4n) is 2.85. The van der Waals surface area contributed by atoms with Gasteiger partial charge in [-0.3, -0.25) is 0 Å². The maximum atomic E-state index is 11.5. The average Bonchev–Trinajstić information content (AvgIpc) is 2.39. The van der Waals surface area contributed by atoms with Crippen molar-refractivity contribution < 1.29 is 9.53 Å².